The van der Waals surface area contributed by atoms with E-state index in [0.717, 1.165) is 6.42 Å². The summed E-state index contributed by atoms with van der Waals surface area (Å²) in [4.78, 5) is 16.5. The van der Waals surface area contributed by atoms with Crippen LogP contribution in [0.4, 0.5) is 0 Å². The molecule has 0 aliphatic heterocycles. The molecule has 0 saturated carbocycles. The normalized spacial score (nSPS) is 15.2. The van der Waals surface area contributed by atoms with E-state index in [-0.39, 0.29) is 11.9 Å². The van der Waals surface area contributed by atoms with Crippen molar-refractivity contribution in [2.45, 2.75) is 39.3 Å². The molecular weight excluding hydrogens is 236 g/mol. The Bertz CT molecular complexity index is 246. The third kappa shape index (κ3) is 6.30. The molecular formula is C12H26N2O4. The number of methoxy groups -OCH3 is 1. The lowest BCUT2D eigenvalue weighted by atomic mass is 9.87. The molecule has 0 aliphatic rings. The second-order valence-corrected chi connectivity index (χ2v) is 5.13. The molecule has 0 fully saturated rings. The summed E-state index contributed by atoms with van der Waals surface area (Å²) in [5.41, 5.74) is 2.16. The molecule has 108 valence electrons. The molecule has 6 heteroatoms. The van der Waals surface area contributed by atoms with Crippen LogP contribution in [0.5, 0.6) is 0 Å². The van der Waals surface area contributed by atoms with Crippen LogP contribution >= 0.6 is 0 Å². The number of aliphatic hydroxyl groups is 1. The minimum atomic E-state index is -1.08. The van der Waals surface area contributed by atoms with Crippen LogP contribution in [0.2, 0.25) is 0 Å². The molecule has 0 aromatic carbocycles. The number of hydrogen-bond donors (Lipinski definition) is 3. The van der Waals surface area contributed by atoms with Crippen LogP contribution in [0, 0.1) is 5.41 Å². The second-order valence-electron chi connectivity index (χ2n) is 5.13. The number of carbonyl (C=O) groups is 1. The van der Waals surface area contributed by atoms with Gasteiger partial charge in [-0.2, -0.15) is 0 Å². The maximum Gasteiger partial charge on any atom is 0.249 e. The Morgan fingerprint density at radius 2 is 2.00 bits per heavy atom. The van der Waals surface area contributed by atoms with E-state index in [2.05, 4.69) is 10.8 Å². The Labute approximate surface area is 109 Å². The van der Waals surface area contributed by atoms with Crippen molar-refractivity contribution in [3.05, 3.63) is 0 Å². The quantitative estimate of drug-likeness (QED) is 0.512. The molecule has 0 aromatic heterocycles. The van der Waals surface area contributed by atoms with Crippen LogP contribution in [-0.4, -0.2) is 50.5 Å². The molecule has 0 radical (unpaired) electrons. The molecule has 2 atom stereocenters. The van der Waals surface area contributed by atoms with Crippen LogP contribution in [0.15, 0.2) is 0 Å². The lowest BCUT2D eigenvalue weighted by molar-refractivity contribution is -0.137. The molecule has 0 heterocycles. The van der Waals surface area contributed by atoms with E-state index in [1.54, 1.807) is 28.1 Å². The number of nitrogens with one attached hydrogen (secondary N) is 2. The highest BCUT2D eigenvalue weighted by Gasteiger charge is 2.33. The highest BCUT2D eigenvalue weighted by Crippen LogP contribution is 2.20. The van der Waals surface area contributed by atoms with Gasteiger partial charge in [0.2, 0.25) is 5.91 Å². The molecule has 0 aromatic rings. The van der Waals surface area contributed by atoms with E-state index < -0.39 is 11.5 Å². The van der Waals surface area contributed by atoms with Gasteiger partial charge < -0.3 is 20.0 Å². The monoisotopic (exact) mass is 262 g/mol. The highest BCUT2D eigenvalue weighted by atomic mass is 16.6. The Kier molecular flexibility index (Phi) is 8.10. The van der Waals surface area contributed by atoms with E-state index in [1.807, 2.05) is 6.92 Å². The van der Waals surface area contributed by atoms with Crippen molar-refractivity contribution in [2.75, 3.05) is 27.4 Å². The largest absolute Gasteiger partial charge is 0.384 e. The first-order valence-corrected chi connectivity index (χ1v) is 6.08. The Morgan fingerprint density at radius 3 is 2.50 bits per heavy atom. The number of ether oxygens (including phenoxy) is 1. The zero-order valence-corrected chi connectivity index (χ0v) is 11.9. The van der Waals surface area contributed by atoms with Crippen LogP contribution in [0.1, 0.15) is 27.2 Å². The number of aliphatic hydroxyl groups excluding tert-OH is 1. The summed E-state index contributed by atoms with van der Waals surface area (Å²) in [5, 5.41) is 12.6. The number of rotatable bonds is 9. The first kappa shape index (κ1) is 17.3. The maximum atomic E-state index is 11.7. The minimum absolute atomic E-state index is 0.138. The first-order valence-electron chi connectivity index (χ1n) is 6.08. The molecule has 0 saturated heterocycles. The van der Waals surface area contributed by atoms with Crippen LogP contribution in [0.3, 0.4) is 0 Å². The summed E-state index contributed by atoms with van der Waals surface area (Å²) in [6.07, 6.45) is -0.361. The summed E-state index contributed by atoms with van der Waals surface area (Å²) in [6, 6.07) is 0.138. The fourth-order valence-electron chi connectivity index (χ4n) is 1.57. The van der Waals surface area contributed by atoms with E-state index in [4.69, 9.17) is 9.57 Å². The van der Waals surface area contributed by atoms with Crippen molar-refractivity contribution in [2.24, 2.45) is 5.41 Å². The predicted molar refractivity (Wildman–Crippen MR) is 68.9 cm³/mol. The molecule has 0 rings (SSSR count). The van der Waals surface area contributed by atoms with Gasteiger partial charge in [0.05, 0.1) is 13.7 Å². The lowest BCUT2D eigenvalue weighted by Crippen LogP contribution is -2.46. The van der Waals surface area contributed by atoms with Gasteiger partial charge in [0.25, 0.3) is 0 Å². The van der Waals surface area contributed by atoms with Crippen molar-refractivity contribution in [3.8, 4) is 0 Å². The fourth-order valence-corrected chi connectivity index (χ4v) is 1.57. The van der Waals surface area contributed by atoms with Gasteiger partial charge >= 0.3 is 0 Å². The molecule has 6 nitrogen and oxygen atoms in total. The summed E-state index contributed by atoms with van der Waals surface area (Å²) < 4.78 is 4.99. The van der Waals surface area contributed by atoms with E-state index >= 15 is 0 Å². The molecule has 0 spiro atoms. The minimum Gasteiger partial charge on any atom is -0.384 e. The summed E-state index contributed by atoms with van der Waals surface area (Å²) >= 11 is 0. The third-order valence-electron chi connectivity index (χ3n) is 2.70. The summed E-state index contributed by atoms with van der Waals surface area (Å²) in [6.45, 7) is 6.33. The van der Waals surface area contributed by atoms with E-state index in [0.29, 0.717) is 13.2 Å². The Balaban J connectivity index is 4.02. The van der Waals surface area contributed by atoms with Gasteiger partial charge in [0.15, 0.2) is 0 Å². The van der Waals surface area contributed by atoms with Crippen LogP contribution in [-0.2, 0) is 14.4 Å². The number of amides is 1. The fraction of sp³-hybridized carbons (Fsp3) is 0.917. The van der Waals surface area contributed by atoms with Gasteiger partial charge in [-0.25, -0.2) is 5.48 Å². The molecule has 0 aliphatic carbocycles. The SMILES string of the molecule is COCC(C)(C)C(O)C(=O)NCCC(C)NOC. The van der Waals surface area contributed by atoms with Crippen molar-refractivity contribution in [1.29, 1.82) is 0 Å². The van der Waals surface area contributed by atoms with Gasteiger partial charge in [-0.3, -0.25) is 4.79 Å². The average Bonchev–Trinajstić information content (AvgIpc) is 2.28. The molecule has 3 N–H and O–H groups in total. The van der Waals surface area contributed by atoms with Gasteiger partial charge in [-0.05, 0) is 13.3 Å². The van der Waals surface area contributed by atoms with Crippen molar-refractivity contribution in [1.82, 2.24) is 10.8 Å². The maximum absolute atomic E-state index is 11.7. The number of carbonyl (C=O) groups excluding carboxylic acids is 1. The molecule has 1 amide bonds. The molecule has 0 bridgehead atoms. The van der Waals surface area contributed by atoms with Crippen LogP contribution in [0.25, 0.3) is 0 Å². The van der Waals surface area contributed by atoms with E-state index in [9.17, 15) is 9.90 Å². The lowest BCUT2D eigenvalue weighted by Gasteiger charge is -2.28. The summed E-state index contributed by atoms with van der Waals surface area (Å²) in [7, 11) is 3.09. The van der Waals surface area contributed by atoms with Crippen molar-refractivity contribution in [3.63, 3.8) is 0 Å². The topological polar surface area (TPSA) is 79.8 Å². The van der Waals surface area contributed by atoms with Gasteiger partial charge in [0, 0.05) is 25.1 Å². The zero-order valence-electron chi connectivity index (χ0n) is 11.9. The Hall–Kier alpha value is -0.690. The van der Waals surface area contributed by atoms with Crippen molar-refractivity contribution < 1.29 is 19.5 Å². The van der Waals surface area contributed by atoms with E-state index in [1.165, 1.54) is 0 Å². The van der Waals surface area contributed by atoms with Gasteiger partial charge in [-0.15, -0.1) is 0 Å². The Morgan fingerprint density at radius 1 is 1.39 bits per heavy atom. The average molecular weight is 262 g/mol. The van der Waals surface area contributed by atoms with Crippen LogP contribution < -0.4 is 10.8 Å². The summed E-state index contributed by atoms with van der Waals surface area (Å²) in [5.74, 6) is -0.373. The second kappa shape index (κ2) is 8.42. The standard InChI is InChI=1S/C12H26N2O4/c1-9(14-18-5)6-7-13-11(16)10(15)12(2,3)8-17-4/h9-10,14-15H,6-8H2,1-5H3,(H,13,16). The third-order valence-corrected chi connectivity index (χ3v) is 2.70. The predicted octanol–water partition coefficient (Wildman–Crippen LogP) is 0.0657. The molecule has 2 unspecified atom stereocenters. The van der Waals surface area contributed by atoms with Crippen molar-refractivity contribution >= 4 is 5.91 Å². The number of hydrogen-bond acceptors (Lipinski definition) is 5. The van der Waals surface area contributed by atoms with Gasteiger partial charge in [-0.1, -0.05) is 13.8 Å². The van der Waals surface area contributed by atoms with Gasteiger partial charge in [0.1, 0.15) is 6.10 Å². The highest BCUT2D eigenvalue weighted by molar-refractivity contribution is 5.81. The number of hydroxylamine groups is 1. The zero-order chi connectivity index (χ0) is 14.2. The smallest absolute Gasteiger partial charge is 0.249 e. The molecule has 18 heavy (non-hydrogen) atoms. The first-order chi connectivity index (χ1) is 8.35.